The van der Waals surface area contributed by atoms with Gasteiger partial charge in [-0.1, -0.05) is 81.8 Å². The molecule has 0 amide bonds. The van der Waals surface area contributed by atoms with Gasteiger partial charge in [0.05, 0.1) is 13.2 Å². The molecule has 1 aliphatic heterocycles. The second-order valence-electron chi connectivity index (χ2n) is 12.1. The second kappa shape index (κ2) is 14.6. The van der Waals surface area contributed by atoms with E-state index in [1.54, 1.807) is 7.05 Å². The second-order valence-corrected chi connectivity index (χ2v) is 12.1. The molecule has 2 saturated carbocycles. The van der Waals surface area contributed by atoms with Crippen molar-refractivity contribution in [2.75, 3.05) is 36.5 Å². The van der Waals surface area contributed by atoms with Crippen LogP contribution in [0.3, 0.4) is 0 Å². The SMILES string of the molecule is CC1CCCCC1.C[C@@H](Nc1nc(-c2n[nH]c(=O)n2C)nc2nc(N3CCOCC3)n(C)c12)C1CCC1.c1ccccc1. The highest BCUT2D eigenvalue weighted by molar-refractivity contribution is 5.87. The Kier molecular flexibility index (Phi) is 10.5. The number of benzene rings is 1. The monoisotopic (exact) mass is 589 g/mol. The zero-order valence-corrected chi connectivity index (χ0v) is 26.1. The van der Waals surface area contributed by atoms with Gasteiger partial charge in [-0.05, 0) is 31.6 Å². The summed E-state index contributed by atoms with van der Waals surface area (Å²) in [6.45, 7) is 7.48. The number of ether oxygens (including phenoxy) is 1. The number of fused-ring (bicyclic) bond motifs is 1. The number of aromatic nitrogens is 7. The van der Waals surface area contributed by atoms with E-state index in [0.717, 1.165) is 36.3 Å². The van der Waals surface area contributed by atoms with E-state index in [1.807, 2.05) is 48.0 Å². The van der Waals surface area contributed by atoms with Crippen LogP contribution in [0.25, 0.3) is 22.8 Å². The minimum atomic E-state index is -0.305. The van der Waals surface area contributed by atoms with Crippen LogP contribution in [0.2, 0.25) is 0 Å². The van der Waals surface area contributed by atoms with E-state index in [9.17, 15) is 4.79 Å². The van der Waals surface area contributed by atoms with Crippen LogP contribution in [0.4, 0.5) is 11.8 Å². The molecule has 0 unspecified atom stereocenters. The van der Waals surface area contributed by atoms with Gasteiger partial charge in [0, 0.05) is 33.2 Å². The number of anilines is 2. The fourth-order valence-corrected chi connectivity index (χ4v) is 5.86. The van der Waals surface area contributed by atoms with Gasteiger partial charge >= 0.3 is 5.69 Å². The van der Waals surface area contributed by atoms with Gasteiger partial charge < -0.3 is 19.5 Å². The first kappa shape index (κ1) is 30.7. The minimum absolute atomic E-state index is 0.287. The summed E-state index contributed by atoms with van der Waals surface area (Å²) in [7, 11) is 3.64. The number of rotatable bonds is 5. The number of hydrogen-bond donors (Lipinski definition) is 2. The average Bonchev–Trinajstić information content (AvgIpc) is 3.52. The van der Waals surface area contributed by atoms with E-state index in [2.05, 4.69) is 39.2 Å². The van der Waals surface area contributed by atoms with Crippen molar-refractivity contribution >= 4 is 22.9 Å². The Labute approximate surface area is 254 Å². The lowest BCUT2D eigenvalue weighted by atomic mass is 9.80. The number of aromatic amines is 1. The van der Waals surface area contributed by atoms with E-state index >= 15 is 0 Å². The zero-order chi connectivity index (χ0) is 30.2. The fraction of sp³-hybridized carbons (Fsp3) is 0.594. The molecule has 43 heavy (non-hydrogen) atoms. The van der Waals surface area contributed by atoms with Crippen molar-refractivity contribution in [3.8, 4) is 11.6 Å². The Hall–Kier alpha value is -3.73. The largest absolute Gasteiger partial charge is 0.378 e. The molecule has 11 nitrogen and oxygen atoms in total. The standard InChI is InChI=1S/C19H27N9O2.C7H14.C6H6/c1-11(12-5-4-6-12)20-14-13-15(22-16(21-14)17-24-25-19(29)27(17)3)23-18(26(13)2)28-7-9-30-10-8-28;1-7-5-3-2-4-6-7;1-2-4-6-5-3-1/h11-12H,4-10H2,1-3H3,(H,25,29)(H,20,21,22);7H,2-6H2,1H3;1-6H/t11-;;/m1../s1. The molecule has 4 aromatic rings. The molecule has 4 heterocycles. The molecule has 2 N–H and O–H groups in total. The van der Waals surface area contributed by atoms with E-state index in [1.165, 1.54) is 55.9 Å². The van der Waals surface area contributed by atoms with Crippen molar-refractivity contribution in [2.24, 2.45) is 25.9 Å². The van der Waals surface area contributed by atoms with Crippen molar-refractivity contribution in [3.63, 3.8) is 0 Å². The van der Waals surface area contributed by atoms with Crippen molar-refractivity contribution in [1.82, 2.24) is 34.3 Å². The summed E-state index contributed by atoms with van der Waals surface area (Å²) in [4.78, 5) is 28.3. The molecule has 0 spiro atoms. The molecule has 1 saturated heterocycles. The molecule has 3 aliphatic rings. The number of nitrogens with zero attached hydrogens (tertiary/aromatic N) is 7. The van der Waals surface area contributed by atoms with Crippen LogP contribution in [0.1, 0.15) is 65.2 Å². The third-order valence-electron chi connectivity index (χ3n) is 8.86. The summed E-state index contributed by atoms with van der Waals surface area (Å²) in [6.07, 6.45) is 11.2. The quantitative estimate of drug-likeness (QED) is 0.328. The molecular weight excluding hydrogens is 542 g/mol. The Morgan fingerprint density at radius 3 is 2.05 bits per heavy atom. The lowest BCUT2D eigenvalue weighted by molar-refractivity contribution is 0.122. The number of aryl methyl sites for hydroxylation is 1. The Balaban J connectivity index is 0.000000233. The normalized spacial score (nSPS) is 18.2. The van der Waals surface area contributed by atoms with Crippen LogP contribution in [0, 0.1) is 11.8 Å². The highest BCUT2D eigenvalue weighted by atomic mass is 16.5. The van der Waals surface area contributed by atoms with Crippen molar-refractivity contribution in [2.45, 2.75) is 71.3 Å². The number of hydrogen-bond acceptors (Lipinski definition) is 8. The molecule has 3 aromatic heterocycles. The van der Waals surface area contributed by atoms with Crippen LogP contribution in [0.15, 0.2) is 41.2 Å². The maximum absolute atomic E-state index is 11.9. The Morgan fingerprint density at radius 1 is 0.884 bits per heavy atom. The average molecular weight is 590 g/mol. The molecule has 1 atom stereocenters. The van der Waals surface area contributed by atoms with Crippen LogP contribution in [0.5, 0.6) is 0 Å². The van der Waals surface area contributed by atoms with Gasteiger partial charge in [-0.25, -0.2) is 19.9 Å². The lowest BCUT2D eigenvalue weighted by Crippen LogP contribution is -2.37. The maximum Gasteiger partial charge on any atom is 0.343 e. The first-order valence-corrected chi connectivity index (χ1v) is 15.9. The molecule has 7 rings (SSSR count). The molecule has 232 valence electrons. The Bertz CT molecular complexity index is 1450. The van der Waals surface area contributed by atoms with E-state index in [0.29, 0.717) is 36.4 Å². The number of imidazole rings is 1. The first-order valence-electron chi connectivity index (χ1n) is 15.9. The Morgan fingerprint density at radius 2 is 1.53 bits per heavy atom. The molecule has 2 aliphatic carbocycles. The maximum atomic E-state index is 11.9. The van der Waals surface area contributed by atoms with Gasteiger partial charge in [0.25, 0.3) is 0 Å². The summed E-state index contributed by atoms with van der Waals surface area (Å²) in [5, 5.41) is 10.2. The van der Waals surface area contributed by atoms with Gasteiger partial charge in [0.15, 0.2) is 11.5 Å². The van der Waals surface area contributed by atoms with Gasteiger partial charge in [0.1, 0.15) is 5.52 Å². The third kappa shape index (κ3) is 7.62. The number of H-pyrrole nitrogens is 1. The van der Waals surface area contributed by atoms with Crippen LogP contribution in [-0.4, -0.2) is 66.6 Å². The summed E-state index contributed by atoms with van der Waals surface area (Å²) in [6, 6.07) is 12.3. The van der Waals surface area contributed by atoms with E-state index in [4.69, 9.17) is 14.7 Å². The highest BCUT2D eigenvalue weighted by Gasteiger charge is 2.27. The summed E-state index contributed by atoms with van der Waals surface area (Å²) in [5.41, 5.74) is 1.13. The lowest BCUT2D eigenvalue weighted by Gasteiger charge is -2.32. The molecule has 0 radical (unpaired) electrons. The van der Waals surface area contributed by atoms with Crippen molar-refractivity contribution in [3.05, 3.63) is 46.9 Å². The van der Waals surface area contributed by atoms with Gasteiger partial charge in [-0.2, -0.15) is 4.98 Å². The van der Waals surface area contributed by atoms with E-state index in [-0.39, 0.29) is 11.7 Å². The van der Waals surface area contributed by atoms with Crippen LogP contribution < -0.4 is 15.9 Å². The van der Waals surface area contributed by atoms with E-state index < -0.39 is 0 Å². The van der Waals surface area contributed by atoms with Crippen molar-refractivity contribution in [1.29, 1.82) is 0 Å². The number of nitrogens with one attached hydrogen (secondary N) is 2. The molecular formula is C32H47N9O2. The van der Waals surface area contributed by atoms with Gasteiger partial charge in [-0.15, -0.1) is 5.10 Å². The third-order valence-corrected chi connectivity index (χ3v) is 8.86. The van der Waals surface area contributed by atoms with Crippen LogP contribution in [-0.2, 0) is 18.8 Å². The zero-order valence-electron chi connectivity index (χ0n) is 26.1. The molecule has 0 bridgehead atoms. The topological polar surface area (TPSA) is 119 Å². The van der Waals surface area contributed by atoms with Crippen molar-refractivity contribution < 1.29 is 4.74 Å². The predicted molar refractivity (Wildman–Crippen MR) is 171 cm³/mol. The first-order chi connectivity index (χ1) is 20.9. The van der Waals surface area contributed by atoms with Crippen LogP contribution >= 0.6 is 0 Å². The molecule has 3 fully saturated rings. The summed E-state index contributed by atoms with van der Waals surface area (Å²) < 4.78 is 8.94. The fourth-order valence-electron chi connectivity index (χ4n) is 5.86. The molecule has 11 heteroatoms. The molecule has 1 aromatic carbocycles. The number of morpholine rings is 1. The summed E-state index contributed by atoms with van der Waals surface area (Å²) >= 11 is 0. The summed E-state index contributed by atoms with van der Waals surface area (Å²) in [5.74, 6) is 4.00. The van der Waals surface area contributed by atoms with Gasteiger partial charge in [-0.3, -0.25) is 4.57 Å². The predicted octanol–water partition coefficient (Wildman–Crippen LogP) is 5.16. The van der Waals surface area contributed by atoms with Gasteiger partial charge in [0.2, 0.25) is 17.6 Å². The minimum Gasteiger partial charge on any atom is -0.378 e. The smallest absolute Gasteiger partial charge is 0.343 e. The highest BCUT2D eigenvalue weighted by Crippen LogP contribution is 2.33.